The molecule has 0 aromatic heterocycles. The Bertz CT molecular complexity index is 706. The Morgan fingerprint density at radius 1 is 1.19 bits per heavy atom. The molecule has 0 amide bonds. The summed E-state index contributed by atoms with van der Waals surface area (Å²) in [6.45, 7) is 5.41. The maximum absolute atomic E-state index is 12.8. The van der Waals surface area contributed by atoms with E-state index < -0.39 is 29.1 Å². The molecule has 0 saturated carbocycles. The lowest BCUT2D eigenvalue weighted by Crippen LogP contribution is -2.51. The second-order valence-electron chi connectivity index (χ2n) is 6.72. The van der Waals surface area contributed by atoms with Gasteiger partial charge in [-0.25, -0.2) is 20.3 Å². The summed E-state index contributed by atoms with van der Waals surface area (Å²) in [6, 6.07) is 7.31. The van der Waals surface area contributed by atoms with Gasteiger partial charge in [-0.3, -0.25) is 9.59 Å². The number of hydrogen-bond acceptors (Lipinski definition) is 8. The van der Waals surface area contributed by atoms with Crippen LogP contribution in [0.2, 0.25) is 0 Å². The zero-order chi connectivity index (χ0) is 20.2. The van der Waals surface area contributed by atoms with Crippen molar-refractivity contribution in [1.29, 1.82) is 0 Å². The molecule has 0 radical (unpaired) electrons. The second-order valence-corrected chi connectivity index (χ2v) is 6.72. The number of esters is 2. The molecule has 0 aliphatic heterocycles. The Morgan fingerprint density at radius 2 is 1.74 bits per heavy atom. The maximum Gasteiger partial charge on any atom is 0.324 e. The van der Waals surface area contributed by atoms with Crippen molar-refractivity contribution >= 4 is 17.5 Å². The fraction of sp³-hybridized carbons (Fsp3) is 0.474. The SMILES string of the molecule is C=C1c2ccccc2CC(C(=O)OC)(C(=O)OC)C1CCC(C)(OO)OO. The van der Waals surface area contributed by atoms with Gasteiger partial charge in [0.05, 0.1) is 14.2 Å². The summed E-state index contributed by atoms with van der Waals surface area (Å²) in [5, 5.41) is 18.0. The van der Waals surface area contributed by atoms with Crippen molar-refractivity contribution < 1.29 is 39.4 Å². The second kappa shape index (κ2) is 8.18. The van der Waals surface area contributed by atoms with Crippen molar-refractivity contribution in [3.63, 3.8) is 0 Å². The van der Waals surface area contributed by atoms with Gasteiger partial charge in [-0.05, 0) is 30.0 Å². The first-order valence-corrected chi connectivity index (χ1v) is 8.38. The van der Waals surface area contributed by atoms with Gasteiger partial charge in [0.2, 0.25) is 5.79 Å². The zero-order valence-corrected chi connectivity index (χ0v) is 15.6. The van der Waals surface area contributed by atoms with Gasteiger partial charge < -0.3 is 9.47 Å². The van der Waals surface area contributed by atoms with Gasteiger partial charge >= 0.3 is 11.9 Å². The van der Waals surface area contributed by atoms with E-state index in [9.17, 15) is 9.59 Å². The molecule has 1 aromatic carbocycles. The number of carbonyl (C=O) groups excluding carboxylic acids is 2. The van der Waals surface area contributed by atoms with Gasteiger partial charge in [0.15, 0.2) is 5.41 Å². The minimum Gasteiger partial charge on any atom is -0.468 e. The van der Waals surface area contributed by atoms with E-state index in [2.05, 4.69) is 16.4 Å². The molecule has 8 nitrogen and oxygen atoms in total. The van der Waals surface area contributed by atoms with Crippen molar-refractivity contribution in [3.05, 3.63) is 42.0 Å². The molecule has 8 heteroatoms. The Hall–Kier alpha value is -2.26. The summed E-state index contributed by atoms with van der Waals surface area (Å²) in [5.74, 6) is -3.94. The summed E-state index contributed by atoms with van der Waals surface area (Å²) >= 11 is 0. The van der Waals surface area contributed by atoms with E-state index in [0.29, 0.717) is 5.57 Å². The van der Waals surface area contributed by atoms with Gasteiger partial charge in [0.1, 0.15) is 0 Å². The summed E-state index contributed by atoms with van der Waals surface area (Å²) in [7, 11) is 2.40. The third-order valence-electron chi connectivity index (χ3n) is 5.22. The number of rotatable bonds is 7. The van der Waals surface area contributed by atoms with E-state index in [0.717, 1.165) is 11.1 Å². The summed E-state index contributed by atoms with van der Waals surface area (Å²) in [4.78, 5) is 34.0. The lowest BCUT2D eigenvalue weighted by molar-refractivity contribution is -0.482. The van der Waals surface area contributed by atoms with Gasteiger partial charge in [0.25, 0.3) is 0 Å². The molecule has 0 saturated heterocycles. The molecule has 2 N–H and O–H groups in total. The quantitative estimate of drug-likeness (QED) is 0.244. The van der Waals surface area contributed by atoms with Crippen molar-refractivity contribution in [1.82, 2.24) is 0 Å². The molecule has 148 valence electrons. The van der Waals surface area contributed by atoms with Gasteiger partial charge in [-0.2, -0.15) is 0 Å². The molecular formula is C19H24O8. The maximum atomic E-state index is 12.8. The molecule has 0 bridgehead atoms. The number of fused-ring (bicyclic) bond motifs is 1. The summed E-state index contributed by atoms with van der Waals surface area (Å²) in [5.41, 5.74) is 0.489. The Labute approximate surface area is 157 Å². The predicted octanol–water partition coefficient (Wildman–Crippen LogP) is 2.68. The zero-order valence-electron chi connectivity index (χ0n) is 15.6. The van der Waals surface area contributed by atoms with Crippen LogP contribution in [0.1, 0.15) is 30.9 Å². The highest BCUT2D eigenvalue weighted by Gasteiger charge is 2.58. The number of ether oxygens (including phenoxy) is 2. The van der Waals surface area contributed by atoms with Gasteiger partial charge in [0, 0.05) is 18.8 Å². The van der Waals surface area contributed by atoms with Crippen LogP contribution in [0.25, 0.3) is 5.57 Å². The Kier molecular flexibility index (Phi) is 6.38. The average Bonchev–Trinajstić information content (AvgIpc) is 2.71. The van der Waals surface area contributed by atoms with Gasteiger partial charge in [-0.1, -0.05) is 30.8 Å². The summed E-state index contributed by atoms with van der Waals surface area (Å²) < 4.78 is 9.90. The van der Waals surface area contributed by atoms with Crippen LogP contribution in [0.4, 0.5) is 0 Å². The van der Waals surface area contributed by atoms with Crippen LogP contribution in [0.15, 0.2) is 30.8 Å². The monoisotopic (exact) mass is 380 g/mol. The third kappa shape index (κ3) is 3.61. The number of methoxy groups -OCH3 is 2. The smallest absolute Gasteiger partial charge is 0.324 e. The molecule has 0 fully saturated rings. The van der Waals surface area contributed by atoms with Crippen molar-refractivity contribution in [2.24, 2.45) is 11.3 Å². The van der Waals surface area contributed by atoms with Crippen molar-refractivity contribution in [2.45, 2.75) is 32.0 Å². The lowest BCUT2D eigenvalue weighted by Gasteiger charge is -2.42. The number of benzene rings is 1. The molecule has 27 heavy (non-hydrogen) atoms. The van der Waals surface area contributed by atoms with Crippen LogP contribution in [0.5, 0.6) is 0 Å². The van der Waals surface area contributed by atoms with Crippen molar-refractivity contribution in [2.75, 3.05) is 14.2 Å². The van der Waals surface area contributed by atoms with E-state index in [1.807, 2.05) is 24.3 Å². The average molecular weight is 380 g/mol. The fourth-order valence-electron chi connectivity index (χ4n) is 3.71. The highest BCUT2D eigenvalue weighted by Crippen LogP contribution is 2.50. The van der Waals surface area contributed by atoms with Gasteiger partial charge in [-0.15, -0.1) is 0 Å². The van der Waals surface area contributed by atoms with E-state index in [-0.39, 0.29) is 19.3 Å². The first-order valence-electron chi connectivity index (χ1n) is 8.38. The highest BCUT2D eigenvalue weighted by molar-refractivity contribution is 6.04. The lowest BCUT2D eigenvalue weighted by atomic mass is 9.60. The summed E-state index contributed by atoms with van der Waals surface area (Å²) in [6.07, 6.45) is 0.152. The predicted molar refractivity (Wildman–Crippen MR) is 94.2 cm³/mol. The standard InChI is InChI=1S/C19H24O8/c1-12-14-8-6-5-7-13(14)11-19(16(20)24-3,17(21)25-4)15(12)9-10-18(2,26-22)27-23/h5-8,15,22-23H,1,9-11H2,2-4H3. The first kappa shape index (κ1) is 21.0. The van der Waals surface area contributed by atoms with E-state index in [4.69, 9.17) is 20.0 Å². The molecule has 0 heterocycles. The first-order chi connectivity index (χ1) is 12.8. The molecule has 1 aliphatic carbocycles. The normalized spacial score (nSPS) is 18.6. The molecule has 1 aromatic rings. The van der Waals surface area contributed by atoms with Crippen LogP contribution >= 0.6 is 0 Å². The number of hydrogen-bond donors (Lipinski definition) is 2. The fourth-order valence-corrected chi connectivity index (χ4v) is 3.71. The molecule has 2 rings (SSSR count). The molecule has 0 spiro atoms. The number of carbonyl (C=O) groups is 2. The minimum atomic E-state index is -1.73. The molecule has 1 atom stereocenters. The topological polar surface area (TPSA) is 112 Å². The Balaban J connectivity index is 2.57. The van der Waals surface area contributed by atoms with E-state index in [1.165, 1.54) is 21.1 Å². The molecule has 1 unspecified atom stereocenters. The Morgan fingerprint density at radius 3 is 2.26 bits per heavy atom. The van der Waals surface area contributed by atoms with Crippen LogP contribution in [-0.2, 0) is 35.3 Å². The van der Waals surface area contributed by atoms with Crippen LogP contribution < -0.4 is 0 Å². The third-order valence-corrected chi connectivity index (χ3v) is 5.22. The number of allylic oxidation sites excluding steroid dienone is 1. The van der Waals surface area contributed by atoms with Crippen LogP contribution in [0.3, 0.4) is 0 Å². The van der Waals surface area contributed by atoms with Crippen LogP contribution in [0, 0.1) is 11.3 Å². The molecule has 1 aliphatic rings. The minimum absolute atomic E-state index is 0.0401. The van der Waals surface area contributed by atoms with Crippen molar-refractivity contribution in [3.8, 4) is 0 Å². The largest absolute Gasteiger partial charge is 0.468 e. The molecular weight excluding hydrogens is 356 g/mol. The highest BCUT2D eigenvalue weighted by atomic mass is 17.2. The van der Waals surface area contributed by atoms with E-state index >= 15 is 0 Å². The van der Waals surface area contributed by atoms with E-state index in [1.54, 1.807) is 0 Å². The van der Waals surface area contributed by atoms with Crippen LogP contribution in [-0.4, -0.2) is 42.5 Å².